The van der Waals surface area contributed by atoms with Crippen molar-refractivity contribution in [3.05, 3.63) is 53.8 Å². The number of rotatable bonds is 3. The lowest BCUT2D eigenvalue weighted by molar-refractivity contribution is -0.142. The number of cyclic esters (lactones) is 1. The van der Waals surface area contributed by atoms with Crippen LogP contribution in [0.3, 0.4) is 0 Å². The normalized spacial score (nSPS) is 19.9. The Morgan fingerprint density at radius 1 is 1.35 bits per heavy atom. The molecular formula is C14H14O3. The topological polar surface area (TPSA) is 35.5 Å². The molecule has 3 nitrogen and oxygen atoms in total. The maximum Gasteiger partial charge on any atom is 0.334 e. The van der Waals surface area contributed by atoms with E-state index < -0.39 is 0 Å². The first-order chi connectivity index (χ1) is 8.28. The average molecular weight is 230 g/mol. The van der Waals surface area contributed by atoms with Crippen LogP contribution in [0.4, 0.5) is 0 Å². The first-order valence-electron chi connectivity index (χ1n) is 5.46. The van der Waals surface area contributed by atoms with Crippen LogP contribution in [0.1, 0.15) is 12.0 Å². The van der Waals surface area contributed by atoms with Crippen LogP contribution in [0.2, 0.25) is 0 Å². The van der Waals surface area contributed by atoms with E-state index in [0.29, 0.717) is 12.2 Å². The highest BCUT2D eigenvalue weighted by atomic mass is 16.5. The highest BCUT2D eigenvalue weighted by Crippen LogP contribution is 2.17. The van der Waals surface area contributed by atoms with Crippen molar-refractivity contribution >= 4 is 12.0 Å². The van der Waals surface area contributed by atoms with Crippen molar-refractivity contribution < 1.29 is 14.3 Å². The molecule has 1 aliphatic heterocycles. The molecule has 1 heterocycles. The van der Waals surface area contributed by atoms with Gasteiger partial charge in [-0.05, 0) is 11.6 Å². The molecule has 2 rings (SSSR count). The third kappa shape index (κ3) is 3.21. The van der Waals surface area contributed by atoms with Crippen molar-refractivity contribution in [3.63, 3.8) is 0 Å². The number of hydrogen-bond donors (Lipinski definition) is 0. The minimum atomic E-state index is -0.351. The van der Waals surface area contributed by atoms with E-state index in [0.717, 1.165) is 5.56 Å². The van der Waals surface area contributed by atoms with E-state index in [4.69, 9.17) is 9.47 Å². The van der Waals surface area contributed by atoms with E-state index in [1.165, 1.54) is 6.08 Å². The van der Waals surface area contributed by atoms with E-state index in [1.54, 1.807) is 7.11 Å². The van der Waals surface area contributed by atoms with Crippen LogP contribution in [0.15, 0.2) is 48.2 Å². The SMILES string of the molecule is COC1=CC(=O)O[C@@H](/C=C\c2ccccc2)C1. The summed E-state index contributed by atoms with van der Waals surface area (Å²) in [6, 6.07) is 9.88. The zero-order valence-electron chi connectivity index (χ0n) is 9.63. The van der Waals surface area contributed by atoms with Gasteiger partial charge in [0.15, 0.2) is 0 Å². The highest BCUT2D eigenvalue weighted by Gasteiger charge is 2.19. The number of hydrogen-bond acceptors (Lipinski definition) is 3. The van der Waals surface area contributed by atoms with Crippen LogP contribution in [-0.2, 0) is 14.3 Å². The molecule has 17 heavy (non-hydrogen) atoms. The summed E-state index contributed by atoms with van der Waals surface area (Å²) in [5, 5.41) is 0. The molecule has 1 aromatic rings. The molecule has 3 heteroatoms. The van der Waals surface area contributed by atoms with Crippen molar-refractivity contribution in [1.82, 2.24) is 0 Å². The van der Waals surface area contributed by atoms with Gasteiger partial charge in [0.2, 0.25) is 0 Å². The zero-order valence-corrected chi connectivity index (χ0v) is 9.63. The lowest BCUT2D eigenvalue weighted by atomic mass is 10.1. The van der Waals surface area contributed by atoms with Crippen LogP contribution in [-0.4, -0.2) is 19.2 Å². The largest absolute Gasteiger partial charge is 0.501 e. The lowest BCUT2D eigenvalue weighted by Crippen LogP contribution is -2.21. The van der Waals surface area contributed by atoms with Crippen LogP contribution < -0.4 is 0 Å². The number of carbonyl (C=O) groups is 1. The first kappa shape index (κ1) is 11.5. The molecule has 0 spiro atoms. The molecule has 0 radical (unpaired) electrons. The van der Waals surface area contributed by atoms with Crippen molar-refractivity contribution in [3.8, 4) is 0 Å². The minimum Gasteiger partial charge on any atom is -0.501 e. The van der Waals surface area contributed by atoms with Crippen molar-refractivity contribution in [2.45, 2.75) is 12.5 Å². The van der Waals surface area contributed by atoms with Gasteiger partial charge in [0.05, 0.1) is 13.2 Å². The third-order valence-electron chi connectivity index (χ3n) is 2.51. The number of benzene rings is 1. The fraction of sp³-hybridized carbons (Fsp3) is 0.214. The molecule has 0 saturated heterocycles. The molecule has 1 aromatic carbocycles. The second kappa shape index (κ2) is 5.34. The van der Waals surface area contributed by atoms with E-state index >= 15 is 0 Å². The summed E-state index contributed by atoms with van der Waals surface area (Å²) < 4.78 is 10.2. The standard InChI is InChI=1S/C14H14O3/c1-16-13-9-12(17-14(15)10-13)8-7-11-5-3-2-4-6-11/h2-8,10,12H,9H2,1H3/b8-7-/t12-/m0/s1. The van der Waals surface area contributed by atoms with Gasteiger partial charge in [0.25, 0.3) is 0 Å². The summed E-state index contributed by atoms with van der Waals surface area (Å²) in [6.45, 7) is 0. The van der Waals surface area contributed by atoms with Crippen LogP contribution >= 0.6 is 0 Å². The molecule has 1 atom stereocenters. The van der Waals surface area contributed by atoms with Crippen molar-refractivity contribution in [2.24, 2.45) is 0 Å². The molecule has 0 N–H and O–H groups in total. The Bertz CT molecular complexity index is 446. The Morgan fingerprint density at radius 2 is 2.12 bits per heavy atom. The second-order valence-corrected chi connectivity index (χ2v) is 3.76. The summed E-state index contributed by atoms with van der Waals surface area (Å²) in [6.07, 6.45) is 5.54. The third-order valence-corrected chi connectivity index (χ3v) is 2.51. The molecule has 0 saturated carbocycles. The van der Waals surface area contributed by atoms with Gasteiger partial charge in [-0.3, -0.25) is 0 Å². The first-order valence-corrected chi connectivity index (χ1v) is 5.46. The maximum atomic E-state index is 11.2. The van der Waals surface area contributed by atoms with Gasteiger partial charge in [0.1, 0.15) is 11.9 Å². The molecule has 0 aromatic heterocycles. The number of carbonyl (C=O) groups excluding carboxylic acids is 1. The van der Waals surface area contributed by atoms with E-state index in [2.05, 4.69) is 0 Å². The number of methoxy groups -OCH3 is 1. The summed E-state index contributed by atoms with van der Waals surface area (Å²) in [7, 11) is 1.56. The maximum absolute atomic E-state index is 11.2. The Balaban J connectivity index is 2.03. The van der Waals surface area contributed by atoms with E-state index in [9.17, 15) is 4.79 Å². The van der Waals surface area contributed by atoms with Crippen LogP contribution in [0.5, 0.6) is 0 Å². The zero-order chi connectivity index (χ0) is 12.1. The summed E-state index contributed by atoms with van der Waals surface area (Å²) in [4.78, 5) is 11.2. The molecular weight excluding hydrogens is 216 g/mol. The monoisotopic (exact) mass is 230 g/mol. The summed E-state index contributed by atoms with van der Waals surface area (Å²) in [5.74, 6) is 0.305. The molecule has 0 unspecified atom stereocenters. The van der Waals surface area contributed by atoms with Crippen molar-refractivity contribution in [1.29, 1.82) is 0 Å². The van der Waals surface area contributed by atoms with Crippen LogP contribution in [0, 0.1) is 0 Å². The van der Waals surface area contributed by atoms with E-state index in [-0.39, 0.29) is 12.1 Å². The average Bonchev–Trinajstić information content (AvgIpc) is 2.37. The van der Waals surface area contributed by atoms with Gasteiger partial charge in [-0.1, -0.05) is 36.4 Å². The molecule has 1 aliphatic rings. The summed E-state index contributed by atoms with van der Waals surface area (Å²) in [5.41, 5.74) is 1.08. The molecule has 0 amide bonds. The van der Waals surface area contributed by atoms with Gasteiger partial charge in [-0.2, -0.15) is 0 Å². The molecule has 0 aliphatic carbocycles. The quantitative estimate of drug-likeness (QED) is 0.748. The van der Waals surface area contributed by atoms with Gasteiger partial charge >= 0.3 is 5.97 Å². The molecule has 0 bridgehead atoms. The van der Waals surface area contributed by atoms with Gasteiger partial charge in [-0.25, -0.2) is 4.79 Å². The Kier molecular flexibility index (Phi) is 3.60. The van der Waals surface area contributed by atoms with Gasteiger partial charge in [-0.15, -0.1) is 0 Å². The highest BCUT2D eigenvalue weighted by molar-refractivity contribution is 5.83. The van der Waals surface area contributed by atoms with E-state index in [1.807, 2.05) is 42.5 Å². The predicted octanol–water partition coefficient (Wildman–Crippen LogP) is 2.55. The Hall–Kier alpha value is -2.03. The van der Waals surface area contributed by atoms with Gasteiger partial charge < -0.3 is 9.47 Å². The molecule has 88 valence electrons. The van der Waals surface area contributed by atoms with Crippen LogP contribution in [0.25, 0.3) is 6.08 Å². The lowest BCUT2D eigenvalue weighted by Gasteiger charge is -2.19. The van der Waals surface area contributed by atoms with Gasteiger partial charge in [0, 0.05) is 6.42 Å². The van der Waals surface area contributed by atoms with Crippen molar-refractivity contribution in [2.75, 3.05) is 7.11 Å². The second-order valence-electron chi connectivity index (χ2n) is 3.76. The Labute approximate surface area is 100 Å². The number of ether oxygens (including phenoxy) is 2. The fourth-order valence-electron chi connectivity index (χ4n) is 1.65. The Morgan fingerprint density at radius 3 is 2.82 bits per heavy atom. The predicted molar refractivity (Wildman–Crippen MR) is 65.1 cm³/mol. The fourth-order valence-corrected chi connectivity index (χ4v) is 1.65. The number of esters is 1. The summed E-state index contributed by atoms with van der Waals surface area (Å²) >= 11 is 0. The smallest absolute Gasteiger partial charge is 0.334 e. The molecule has 0 fully saturated rings. The minimum absolute atomic E-state index is 0.248.